The average molecular weight is 163 g/mol. The van der Waals surface area contributed by atoms with Crippen LogP contribution in [0.3, 0.4) is 0 Å². The topological polar surface area (TPSA) is 85.5 Å². The Hall–Kier alpha value is -0.840. The van der Waals surface area contributed by atoms with Crippen molar-refractivity contribution in [1.29, 1.82) is 0 Å². The molecule has 0 aliphatic heterocycles. The van der Waals surface area contributed by atoms with E-state index in [0.29, 0.717) is 5.69 Å². The summed E-state index contributed by atoms with van der Waals surface area (Å²) in [6.07, 6.45) is 1.30. The molecule has 0 amide bonds. The van der Waals surface area contributed by atoms with Gasteiger partial charge in [-0.25, -0.2) is 4.63 Å². The summed E-state index contributed by atoms with van der Waals surface area (Å²) in [5.41, 5.74) is 0.386. The largest absolute Gasteiger partial charge is 0.695 e. The first-order valence-electron chi connectivity index (χ1n) is 2.34. The summed E-state index contributed by atoms with van der Waals surface area (Å²) in [4.78, 5) is 8.16. The molecule has 54 valence electrons. The first-order valence-corrected chi connectivity index (χ1v) is 3.47. The molecular formula is C3H4N2O4P+. The molecule has 0 spiro atoms. The Labute approximate surface area is 56.7 Å². The number of rotatable bonds is 3. The summed E-state index contributed by atoms with van der Waals surface area (Å²) in [7, 11) is -2.56. The van der Waals surface area contributed by atoms with Crippen LogP contribution < -0.4 is 0 Å². The molecule has 0 aliphatic rings. The highest BCUT2D eigenvalue weighted by atomic mass is 31.1. The Bertz CT molecular complexity index is 210. The van der Waals surface area contributed by atoms with Crippen molar-refractivity contribution in [3.8, 4) is 0 Å². The molecule has 0 fully saturated rings. The van der Waals surface area contributed by atoms with Gasteiger partial charge in [0.1, 0.15) is 5.69 Å². The lowest BCUT2D eigenvalue weighted by Gasteiger charge is -1.78. The molecule has 1 N–H and O–H groups in total. The molecule has 10 heavy (non-hydrogen) atoms. The van der Waals surface area contributed by atoms with Crippen LogP contribution in [0.15, 0.2) is 10.8 Å². The summed E-state index contributed by atoms with van der Waals surface area (Å²) in [5.74, 6) is 0. The van der Waals surface area contributed by atoms with Crippen molar-refractivity contribution >= 4 is 8.25 Å². The molecule has 6 nitrogen and oxygen atoms in total. The molecule has 7 heteroatoms. The normalized spacial score (nSPS) is 11.5. The van der Waals surface area contributed by atoms with Crippen LogP contribution in [0.25, 0.3) is 0 Å². The second kappa shape index (κ2) is 3.36. The number of aromatic nitrogens is 2. The van der Waals surface area contributed by atoms with Crippen molar-refractivity contribution in [1.82, 2.24) is 10.3 Å². The molecular weight excluding hydrogens is 159 g/mol. The van der Waals surface area contributed by atoms with Crippen LogP contribution in [0.1, 0.15) is 5.69 Å². The van der Waals surface area contributed by atoms with Crippen molar-refractivity contribution < 1.29 is 18.6 Å². The second-order valence-corrected chi connectivity index (χ2v) is 2.14. The van der Waals surface area contributed by atoms with E-state index in [1.54, 1.807) is 0 Å². The van der Waals surface area contributed by atoms with Crippen LogP contribution in [0.5, 0.6) is 0 Å². The monoisotopic (exact) mass is 163 g/mol. The van der Waals surface area contributed by atoms with Gasteiger partial charge in [0.15, 0.2) is 6.61 Å². The van der Waals surface area contributed by atoms with Gasteiger partial charge in [0.05, 0.1) is 6.20 Å². The van der Waals surface area contributed by atoms with Crippen molar-refractivity contribution in [2.45, 2.75) is 6.61 Å². The smallest absolute Gasteiger partial charge is 0.244 e. The summed E-state index contributed by atoms with van der Waals surface area (Å²) in [6.45, 7) is -0.0603. The zero-order valence-electron chi connectivity index (χ0n) is 4.80. The predicted molar refractivity (Wildman–Crippen MR) is 28.9 cm³/mol. The number of nitrogens with zero attached hydrogens (tertiary/aromatic N) is 2. The second-order valence-electron chi connectivity index (χ2n) is 1.41. The first-order chi connectivity index (χ1) is 4.79. The van der Waals surface area contributed by atoms with Gasteiger partial charge in [-0.15, -0.1) is 9.42 Å². The van der Waals surface area contributed by atoms with Crippen molar-refractivity contribution in [3.05, 3.63) is 11.9 Å². The van der Waals surface area contributed by atoms with Crippen LogP contribution in [-0.4, -0.2) is 15.2 Å². The maximum absolute atomic E-state index is 9.94. The van der Waals surface area contributed by atoms with Gasteiger partial charge < -0.3 is 0 Å². The predicted octanol–water partition coefficient (Wildman–Crippen LogP) is 0.236. The van der Waals surface area contributed by atoms with Crippen molar-refractivity contribution in [2.24, 2.45) is 0 Å². The van der Waals surface area contributed by atoms with Crippen LogP contribution in [-0.2, 0) is 15.7 Å². The molecule has 0 bridgehead atoms. The minimum atomic E-state index is -2.56. The van der Waals surface area contributed by atoms with Gasteiger partial charge in [-0.05, 0) is 0 Å². The SMILES string of the molecule is O=[P+](O)OCc1cnon1. The Kier molecular flexibility index (Phi) is 2.44. The van der Waals surface area contributed by atoms with Gasteiger partial charge in [0, 0.05) is 4.57 Å². The molecule has 1 heterocycles. The zero-order valence-corrected chi connectivity index (χ0v) is 5.69. The molecule has 1 unspecified atom stereocenters. The van der Waals surface area contributed by atoms with E-state index in [0.717, 1.165) is 0 Å². The third-order valence-corrected chi connectivity index (χ3v) is 1.08. The molecule has 0 saturated heterocycles. The highest BCUT2D eigenvalue weighted by Crippen LogP contribution is 2.16. The van der Waals surface area contributed by atoms with Gasteiger partial charge in [-0.1, -0.05) is 10.3 Å². The standard InChI is InChI=1S/C3H3N2O4P/c6-10(7)8-2-3-1-4-9-5-3/h1H,2H2/p+1. The van der Waals surface area contributed by atoms with E-state index in [1.807, 2.05) is 0 Å². The minimum absolute atomic E-state index is 0.0603. The van der Waals surface area contributed by atoms with E-state index >= 15 is 0 Å². The Morgan fingerprint density at radius 1 is 1.90 bits per heavy atom. The fourth-order valence-electron chi connectivity index (χ4n) is 0.369. The molecule has 1 rings (SSSR count). The molecule has 0 saturated carbocycles. The van der Waals surface area contributed by atoms with E-state index in [9.17, 15) is 4.57 Å². The zero-order chi connectivity index (χ0) is 7.40. The first kappa shape index (κ1) is 7.27. The van der Waals surface area contributed by atoms with Gasteiger partial charge in [0.25, 0.3) is 0 Å². The molecule has 1 aromatic rings. The highest BCUT2D eigenvalue weighted by Gasteiger charge is 2.13. The lowest BCUT2D eigenvalue weighted by Crippen LogP contribution is -1.83. The summed E-state index contributed by atoms with van der Waals surface area (Å²) in [6, 6.07) is 0. The maximum Gasteiger partial charge on any atom is 0.695 e. The molecule has 1 aromatic heterocycles. The van der Waals surface area contributed by atoms with Crippen molar-refractivity contribution in [3.63, 3.8) is 0 Å². The van der Waals surface area contributed by atoms with Crippen LogP contribution in [0.2, 0.25) is 0 Å². The van der Waals surface area contributed by atoms with Gasteiger partial charge in [0.2, 0.25) is 0 Å². The lowest BCUT2D eigenvalue weighted by molar-refractivity contribution is 0.253. The molecule has 0 aliphatic carbocycles. The van der Waals surface area contributed by atoms with E-state index in [-0.39, 0.29) is 6.61 Å². The molecule has 1 atom stereocenters. The number of hydrogen-bond acceptors (Lipinski definition) is 5. The fraction of sp³-hybridized carbons (Fsp3) is 0.333. The maximum atomic E-state index is 9.94. The van der Waals surface area contributed by atoms with E-state index < -0.39 is 8.25 Å². The third kappa shape index (κ3) is 2.18. The quantitative estimate of drug-likeness (QED) is 0.642. The third-order valence-electron chi connectivity index (χ3n) is 0.730. The highest BCUT2D eigenvalue weighted by molar-refractivity contribution is 7.32. The number of hydrogen-bond donors (Lipinski definition) is 1. The average Bonchev–Trinajstić information content (AvgIpc) is 2.34. The van der Waals surface area contributed by atoms with Gasteiger partial charge >= 0.3 is 8.25 Å². The van der Waals surface area contributed by atoms with Gasteiger partial charge in [-0.3, -0.25) is 0 Å². The van der Waals surface area contributed by atoms with E-state index in [2.05, 4.69) is 19.5 Å². The Balaban J connectivity index is 2.35. The van der Waals surface area contributed by atoms with Crippen LogP contribution in [0.4, 0.5) is 0 Å². The summed E-state index contributed by atoms with van der Waals surface area (Å²) in [5, 5.41) is 6.59. The lowest BCUT2D eigenvalue weighted by atomic mass is 10.5. The fourth-order valence-corrected chi connectivity index (χ4v) is 0.612. The van der Waals surface area contributed by atoms with E-state index in [1.165, 1.54) is 6.20 Å². The summed E-state index contributed by atoms with van der Waals surface area (Å²) >= 11 is 0. The van der Waals surface area contributed by atoms with Crippen LogP contribution >= 0.6 is 8.25 Å². The van der Waals surface area contributed by atoms with Gasteiger partial charge in [-0.2, -0.15) is 0 Å². The minimum Gasteiger partial charge on any atom is -0.244 e. The molecule has 0 aromatic carbocycles. The Morgan fingerprint density at radius 2 is 2.70 bits per heavy atom. The van der Waals surface area contributed by atoms with Crippen LogP contribution in [0, 0.1) is 0 Å². The molecule has 0 radical (unpaired) electrons. The van der Waals surface area contributed by atoms with Crippen molar-refractivity contribution in [2.75, 3.05) is 0 Å². The van der Waals surface area contributed by atoms with E-state index in [4.69, 9.17) is 4.89 Å². The Morgan fingerprint density at radius 3 is 3.20 bits per heavy atom. The summed E-state index contributed by atoms with van der Waals surface area (Å²) < 4.78 is 18.4.